The smallest absolute Gasteiger partial charge is 0.417 e. The summed E-state index contributed by atoms with van der Waals surface area (Å²) < 4.78 is 69.7. The quantitative estimate of drug-likeness (QED) is 0.398. The van der Waals surface area contributed by atoms with E-state index in [1.165, 1.54) is 33.8 Å². The number of carboxylic acid groups (broad SMARTS) is 1. The van der Waals surface area contributed by atoms with Crippen LogP contribution in [-0.2, 0) is 11.0 Å². The van der Waals surface area contributed by atoms with E-state index in [1.807, 2.05) is 0 Å². The van der Waals surface area contributed by atoms with Crippen LogP contribution in [0.3, 0.4) is 0 Å². The zero-order valence-electron chi connectivity index (χ0n) is 20.5. The minimum Gasteiger partial charge on any atom is -0.481 e. The van der Waals surface area contributed by atoms with Gasteiger partial charge in [0.1, 0.15) is 0 Å². The number of hydrogen-bond acceptors (Lipinski definition) is 4. The summed E-state index contributed by atoms with van der Waals surface area (Å²) in [4.78, 5) is 26.0. The Morgan fingerprint density at radius 3 is 2.47 bits per heavy atom. The number of amides is 1. The Hall–Kier alpha value is -2.73. The fourth-order valence-corrected chi connectivity index (χ4v) is 5.12. The second-order valence-electron chi connectivity index (χ2n) is 9.78. The number of hydrogen-bond donors (Lipinski definition) is 2. The summed E-state index contributed by atoms with van der Waals surface area (Å²) in [6, 6.07) is 5.38. The van der Waals surface area contributed by atoms with Crippen LogP contribution in [0.4, 0.5) is 22.0 Å². The van der Waals surface area contributed by atoms with Crippen LogP contribution in [0.15, 0.2) is 30.3 Å². The van der Waals surface area contributed by atoms with E-state index in [2.05, 4.69) is 10.4 Å². The lowest BCUT2D eigenvalue weighted by Gasteiger charge is -2.21. The standard InChI is InChI=1S/C25H29F5N4O3.ClH/c26-24(27)10-12-33(15-24)11-9-16(13-22(35)36)31-23(37)20-14-21(34(32-20)17-5-1-2-6-17)18-7-3-4-8-19(18)25(28,29)30;/h3-4,7-8,14,16-17H,1-2,5-6,9-13,15H2,(H,31,37)(H,35,36);1H/t16-;/m0./s1. The Bertz CT molecular complexity index is 1130. The molecule has 1 aromatic carbocycles. The number of carbonyl (C=O) groups excluding carboxylic acids is 1. The number of carboxylic acids is 1. The molecule has 2 N–H and O–H groups in total. The van der Waals surface area contributed by atoms with Gasteiger partial charge in [-0.05, 0) is 31.4 Å². The Kier molecular flexibility index (Phi) is 9.40. The summed E-state index contributed by atoms with van der Waals surface area (Å²) in [5.74, 6) is -4.68. The minimum atomic E-state index is -4.61. The number of aliphatic carboxylic acids is 1. The zero-order chi connectivity index (χ0) is 26.8. The summed E-state index contributed by atoms with van der Waals surface area (Å²) in [6.07, 6.45) is -1.97. The van der Waals surface area contributed by atoms with Crippen LogP contribution in [-0.4, -0.2) is 63.3 Å². The number of alkyl halides is 5. The zero-order valence-corrected chi connectivity index (χ0v) is 21.3. The molecule has 1 aromatic heterocycles. The van der Waals surface area contributed by atoms with Crippen molar-refractivity contribution in [2.24, 2.45) is 0 Å². The Morgan fingerprint density at radius 2 is 1.87 bits per heavy atom. The molecular formula is C25H30ClF5N4O3. The van der Waals surface area contributed by atoms with Crippen molar-refractivity contribution >= 4 is 24.3 Å². The maximum absolute atomic E-state index is 13.7. The van der Waals surface area contributed by atoms with E-state index in [9.17, 15) is 36.6 Å². The van der Waals surface area contributed by atoms with Crippen molar-refractivity contribution in [3.8, 4) is 11.3 Å². The molecule has 7 nitrogen and oxygen atoms in total. The molecule has 0 bridgehead atoms. The number of halogens is 6. The molecule has 0 radical (unpaired) electrons. The van der Waals surface area contributed by atoms with E-state index in [4.69, 9.17) is 0 Å². The van der Waals surface area contributed by atoms with Crippen molar-refractivity contribution < 1.29 is 36.6 Å². The molecule has 13 heteroatoms. The first-order valence-electron chi connectivity index (χ1n) is 12.3. The normalized spacial score (nSPS) is 18.8. The molecule has 1 amide bonds. The largest absolute Gasteiger partial charge is 0.481 e. The van der Waals surface area contributed by atoms with Gasteiger partial charge in [0.15, 0.2) is 5.69 Å². The topological polar surface area (TPSA) is 87.5 Å². The number of carbonyl (C=O) groups is 2. The van der Waals surface area contributed by atoms with Crippen molar-refractivity contribution in [1.29, 1.82) is 0 Å². The minimum absolute atomic E-state index is 0. The molecule has 1 aliphatic heterocycles. The fraction of sp³-hybridized carbons (Fsp3) is 0.560. The number of nitrogens with one attached hydrogen (secondary N) is 1. The molecule has 1 saturated heterocycles. The number of nitrogens with zero attached hydrogens (tertiary/aromatic N) is 3. The third-order valence-electron chi connectivity index (χ3n) is 6.95. The van der Waals surface area contributed by atoms with E-state index in [1.54, 1.807) is 0 Å². The summed E-state index contributed by atoms with van der Waals surface area (Å²) >= 11 is 0. The van der Waals surface area contributed by atoms with Gasteiger partial charge in [0.2, 0.25) is 0 Å². The lowest BCUT2D eigenvalue weighted by molar-refractivity contribution is -0.138. The Morgan fingerprint density at radius 1 is 1.18 bits per heavy atom. The SMILES string of the molecule is Cl.O=C(O)C[C@H](CCN1CCC(F)(F)C1)NC(=O)c1cc(-c2ccccc2C(F)(F)F)n(C2CCCC2)n1. The molecule has 0 spiro atoms. The molecule has 2 heterocycles. The molecular weight excluding hydrogens is 535 g/mol. The van der Waals surface area contributed by atoms with Crippen molar-refractivity contribution in [2.75, 3.05) is 19.6 Å². The van der Waals surface area contributed by atoms with Gasteiger partial charge < -0.3 is 10.4 Å². The average molecular weight is 565 g/mol. The molecule has 2 fully saturated rings. The number of rotatable bonds is 9. The van der Waals surface area contributed by atoms with E-state index in [-0.39, 0.29) is 61.3 Å². The first-order chi connectivity index (χ1) is 17.4. The average Bonchev–Trinajstić information content (AvgIpc) is 3.56. The summed E-state index contributed by atoms with van der Waals surface area (Å²) in [6.45, 7) is -0.0719. The van der Waals surface area contributed by atoms with Gasteiger partial charge in [-0.1, -0.05) is 31.0 Å². The van der Waals surface area contributed by atoms with Gasteiger partial charge in [0.05, 0.1) is 30.3 Å². The van der Waals surface area contributed by atoms with Crippen LogP contribution in [0.2, 0.25) is 0 Å². The van der Waals surface area contributed by atoms with E-state index in [0.29, 0.717) is 12.8 Å². The van der Waals surface area contributed by atoms with E-state index >= 15 is 0 Å². The van der Waals surface area contributed by atoms with Gasteiger partial charge >= 0.3 is 12.1 Å². The molecule has 1 aliphatic carbocycles. The molecule has 1 atom stereocenters. The van der Waals surface area contributed by atoms with Gasteiger partial charge in [0, 0.05) is 31.1 Å². The van der Waals surface area contributed by atoms with Crippen LogP contribution in [0.1, 0.15) is 67.0 Å². The predicted molar refractivity (Wildman–Crippen MR) is 132 cm³/mol. The second kappa shape index (κ2) is 12.0. The molecule has 2 aliphatic rings. The van der Waals surface area contributed by atoms with E-state index < -0.39 is 48.5 Å². The van der Waals surface area contributed by atoms with E-state index in [0.717, 1.165) is 18.9 Å². The summed E-state index contributed by atoms with van der Waals surface area (Å²) in [5.41, 5.74) is -0.890. The van der Waals surface area contributed by atoms with Gasteiger partial charge in [-0.2, -0.15) is 18.3 Å². The third-order valence-corrected chi connectivity index (χ3v) is 6.95. The molecule has 4 rings (SSSR count). The maximum Gasteiger partial charge on any atom is 0.417 e. The van der Waals surface area contributed by atoms with Crippen LogP contribution >= 0.6 is 12.4 Å². The summed E-state index contributed by atoms with van der Waals surface area (Å²) in [5, 5.41) is 16.2. The van der Waals surface area contributed by atoms with Gasteiger partial charge in [-0.25, -0.2) is 8.78 Å². The van der Waals surface area contributed by atoms with Gasteiger partial charge in [0.25, 0.3) is 11.8 Å². The van der Waals surface area contributed by atoms with Crippen molar-refractivity contribution in [3.63, 3.8) is 0 Å². The highest BCUT2D eigenvalue weighted by atomic mass is 35.5. The van der Waals surface area contributed by atoms with Crippen molar-refractivity contribution in [3.05, 3.63) is 41.6 Å². The fourth-order valence-electron chi connectivity index (χ4n) is 5.12. The molecule has 0 unspecified atom stereocenters. The molecule has 210 valence electrons. The Labute approximate surface area is 222 Å². The third kappa shape index (κ3) is 7.22. The first-order valence-corrected chi connectivity index (χ1v) is 12.3. The van der Waals surface area contributed by atoms with Crippen molar-refractivity contribution in [1.82, 2.24) is 20.0 Å². The number of likely N-dealkylation sites (tertiary alicyclic amines) is 1. The molecule has 38 heavy (non-hydrogen) atoms. The Balaban J connectivity index is 0.00000400. The van der Waals surface area contributed by atoms with Gasteiger partial charge in [-0.3, -0.25) is 19.2 Å². The number of benzene rings is 1. The number of aromatic nitrogens is 2. The van der Waals surface area contributed by atoms with Crippen LogP contribution in [0.5, 0.6) is 0 Å². The molecule has 1 saturated carbocycles. The lowest BCUT2D eigenvalue weighted by Crippen LogP contribution is -2.39. The first kappa shape index (κ1) is 29.8. The van der Waals surface area contributed by atoms with Crippen LogP contribution < -0.4 is 5.32 Å². The van der Waals surface area contributed by atoms with Crippen LogP contribution in [0.25, 0.3) is 11.3 Å². The van der Waals surface area contributed by atoms with Gasteiger partial charge in [-0.15, -0.1) is 12.4 Å². The highest BCUT2D eigenvalue weighted by molar-refractivity contribution is 5.94. The summed E-state index contributed by atoms with van der Waals surface area (Å²) in [7, 11) is 0. The maximum atomic E-state index is 13.7. The lowest BCUT2D eigenvalue weighted by atomic mass is 10.0. The second-order valence-corrected chi connectivity index (χ2v) is 9.78. The molecule has 2 aromatic rings. The monoisotopic (exact) mass is 564 g/mol. The predicted octanol–water partition coefficient (Wildman–Crippen LogP) is 5.41. The highest BCUT2D eigenvalue weighted by Gasteiger charge is 2.38. The van der Waals surface area contributed by atoms with Crippen LogP contribution in [0, 0.1) is 0 Å². The van der Waals surface area contributed by atoms with Crippen molar-refractivity contribution in [2.45, 2.75) is 69.1 Å². The highest BCUT2D eigenvalue weighted by Crippen LogP contribution is 2.40.